The lowest BCUT2D eigenvalue weighted by Crippen LogP contribution is -2.47. The number of thioether (sulfide) groups is 1. The van der Waals surface area contributed by atoms with Gasteiger partial charge in [0.15, 0.2) is 5.17 Å². The van der Waals surface area contributed by atoms with Crippen LogP contribution in [0.25, 0.3) is 17.4 Å². The van der Waals surface area contributed by atoms with E-state index in [1.165, 1.54) is 17.4 Å². The van der Waals surface area contributed by atoms with Crippen LogP contribution < -0.4 is 4.90 Å². The molecule has 0 aliphatic carbocycles. The first kappa shape index (κ1) is 21.2. The minimum atomic E-state index is -0.233. The van der Waals surface area contributed by atoms with Gasteiger partial charge in [-0.1, -0.05) is 41.4 Å². The zero-order chi connectivity index (χ0) is 22.1. The monoisotopic (exact) mass is 483 g/mol. The van der Waals surface area contributed by atoms with E-state index in [0.717, 1.165) is 36.9 Å². The summed E-state index contributed by atoms with van der Waals surface area (Å²) in [7, 11) is 0. The lowest BCUT2D eigenvalue weighted by atomic mass is 10.2. The molecule has 2 aliphatic rings. The van der Waals surface area contributed by atoms with Gasteiger partial charge in [0.25, 0.3) is 5.91 Å². The van der Waals surface area contributed by atoms with Gasteiger partial charge in [-0.2, -0.15) is 4.99 Å². The van der Waals surface area contributed by atoms with E-state index in [4.69, 9.17) is 27.6 Å². The molecule has 5 rings (SSSR count). The molecule has 0 spiro atoms. The summed E-state index contributed by atoms with van der Waals surface area (Å²) in [6, 6.07) is 19.4. The molecular weight excluding hydrogens is 465 g/mol. The Bertz CT molecular complexity index is 1210. The first-order chi connectivity index (χ1) is 15.6. The van der Waals surface area contributed by atoms with Gasteiger partial charge in [0, 0.05) is 43.5 Å². The SMILES string of the molecule is O=C1N=C(N2CCN(c3ccccc3)CC2)S/C1=C/c1ccc(-c2ccc(Cl)c(Cl)c2)o1. The minimum absolute atomic E-state index is 0.233. The normalized spacial score (nSPS) is 17.9. The standard InChI is InChI=1S/C24H19Cl2N3O2S/c25-19-8-6-16(14-20(19)26)21-9-7-18(31-21)15-22-23(30)27-24(32-22)29-12-10-28(11-13-29)17-4-2-1-3-5-17/h1-9,14-15H,10-13H2/b22-15+. The quantitative estimate of drug-likeness (QED) is 0.424. The number of nitrogens with zero attached hydrogens (tertiary/aromatic N) is 3. The summed E-state index contributed by atoms with van der Waals surface area (Å²) in [5.41, 5.74) is 2.04. The Balaban J connectivity index is 1.24. The summed E-state index contributed by atoms with van der Waals surface area (Å²) < 4.78 is 5.90. The third-order valence-electron chi connectivity index (χ3n) is 5.39. The van der Waals surface area contributed by atoms with Crippen LogP contribution in [0.5, 0.6) is 0 Å². The Labute approximate surface area is 200 Å². The van der Waals surface area contributed by atoms with Gasteiger partial charge in [-0.05, 0) is 54.2 Å². The highest BCUT2D eigenvalue weighted by atomic mass is 35.5. The molecule has 3 heterocycles. The lowest BCUT2D eigenvalue weighted by molar-refractivity contribution is -0.113. The van der Waals surface area contributed by atoms with Crippen molar-refractivity contribution in [2.45, 2.75) is 0 Å². The number of hydrogen-bond acceptors (Lipinski definition) is 5. The van der Waals surface area contributed by atoms with Crippen LogP contribution in [0.3, 0.4) is 0 Å². The molecule has 1 aromatic heterocycles. The molecule has 162 valence electrons. The number of aliphatic imine (C=N–C) groups is 1. The predicted molar refractivity (Wildman–Crippen MR) is 132 cm³/mol. The fourth-order valence-corrected chi connectivity index (χ4v) is 4.94. The van der Waals surface area contributed by atoms with E-state index in [9.17, 15) is 4.79 Å². The fourth-order valence-electron chi connectivity index (χ4n) is 3.69. The molecule has 0 bridgehead atoms. The van der Waals surface area contributed by atoms with Gasteiger partial charge in [-0.15, -0.1) is 0 Å². The van der Waals surface area contributed by atoms with Gasteiger partial charge in [-0.25, -0.2) is 0 Å². The number of amidine groups is 1. The number of halogens is 2. The average molecular weight is 484 g/mol. The Morgan fingerprint density at radius 3 is 2.41 bits per heavy atom. The molecule has 2 aliphatic heterocycles. The summed E-state index contributed by atoms with van der Waals surface area (Å²) >= 11 is 13.5. The van der Waals surface area contributed by atoms with E-state index in [1.54, 1.807) is 18.2 Å². The molecule has 0 atom stereocenters. The third kappa shape index (κ3) is 4.44. The topological polar surface area (TPSA) is 49.1 Å². The van der Waals surface area contributed by atoms with Crippen molar-refractivity contribution < 1.29 is 9.21 Å². The summed E-state index contributed by atoms with van der Waals surface area (Å²) in [5, 5.41) is 1.71. The van der Waals surface area contributed by atoms with E-state index in [1.807, 2.05) is 24.3 Å². The number of carbonyl (C=O) groups excluding carboxylic acids is 1. The first-order valence-electron chi connectivity index (χ1n) is 10.2. The Hall–Kier alpha value is -2.67. The number of anilines is 1. The average Bonchev–Trinajstić information content (AvgIpc) is 3.43. The number of furan rings is 1. The van der Waals surface area contributed by atoms with Crippen molar-refractivity contribution in [3.63, 3.8) is 0 Å². The van der Waals surface area contributed by atoms with Crippen LogP contribution in [0.2, 0.25) is 10.0 Å². The van der Waals surface area contributed by atoms with Gasteiger partial charge in [0.05, 0.1) is 15.0 Å². The Morgan fingerprint density at radius 1 is 0.906 bits per heavy atom. The van der Waals surface area contributed by atoms with Crippen molar-refractivity contribution in [1.82, 2.24) is 4.90 Å². The highest BCUT2D eigenvalue weighted by Gasteiger charge is 2.28. The number of carbonyl (C=O) groups is 1. The molecular formula is C24H19Cl2N3O2S. The van der Waals surface area contributed by atoms with E-state index in [-0.39, 0.29) is 5.91 Å². The zero-order valence-electron chi connectivity index (χ0n) is 17.0. The highest BCUT2D eigenvalue weighted by Crippen LogP contribution is 2.33. The maximum absolute atomic E-state index is 12.5. The summed E-state index contributed by atoms with van der Waals surface area (Å²) in [6.45, 7) is 3.43. The fraction of sp³-hybridized carbons (Fsp3) is 0.167. The van der Waals surface area contributed by atoms with Crippen molar-refractivity contribution in [3.05, 3.63) is 81.4 Å². The second-order valence-corrected chi connectivity index (χ2v) is 9.27. The summed E-state index contributed by atoms with van der Waals surface area (Å²) in [4.78, 5) is 21.8. The molecule has 1 amide bonds. The Morgan fingerprint density at radius 2 is 1.66 bits per heavy atom. The molecule has 2 aromatic carbocycles. The van der Waals surface area contributed by atoms with E-state index >= 15 is 0 Å². The first-order valence-corrected chi connectivity index (χ1v) is 11.8. The van der Waals surface area contributed by atoms with E-state index < -0.39 is 0 Å². The molecule has 3 aromatic rings. The number of rotatable bonds is 3. The van der Waals surface area contributed by atoms with Crippen LogP contribution in [0.1, 0.15) is 5.76 Å². The Kier molecular flexibility index (Phi) is 6.00. The molecule has 32 heavy (non-hydrogen) atoms. The predicted octanol–water partition coefficient (Wildman–Crippen LogP) is 6.05. The van der Waals surface area contributed by atoms with Crippen LogP contribution in [0.4, 0.5) is 5.69 Å². The maximum Gasteiger partial charge on any atom is 0.286 e. The second kappa shape index (κ2) is 9.06. The van der Waals surface area contributed by atoms with Crippen molar-refractivity contribution in [3.8, 4) is 11.3 Å². The number of para-hydroxylation sites is 1. The van der Waals surface area contributed by atoms with Crippen molar-refractivity contribution >= 4 is 57.8 Å². The summed E-state index contributed by atoms with van der Waals surface area (Å²) in [5.74, 6) is 1.01. The molecule has 0 saturated carbocycles. The van der Waals surface area contributed by atoms with Crippen LogP contribution in [-0.4, -0.2) is 42.2 Å². The second-order valence-electron chi connectivity index (χ2n) is 7.45. The van der Waals surface area contributed by atoms with E-state index in [2.05, 4.69) is 39.1 Å². The van der Waals surface area contributed by atoms with Crippen LogP contribution in [-0.2, 0) is 4.79 Å². The molecule has 0 radical (unpaired) electrons. The van der Waals surface area contributed by atoms with E-state index in [0.29, 0.717) is 26.5 Å². The molecule has 8 heteroatoms. The number of hydrogen-bond donors (Lipinski definition) is 0. The molecule has 0 unspecified atom stereocenters. The largest absolute Gasteiger partial charge is 0.457 e. The van der Waals surface area contributed by atoms with Gasteiger partial charge in [0.1, 0.15) is 11.5 Å². The maximum atomic E-state index is 12.5. The third-order valence-corrected chi connectivity index (χ3v) is 7.17. The van der Waals surface area contributed by atoms with Crippen molar-refractivity contribution in [2.75, 3.05) is 31.1 Å². The molecule has 1 fully saturated rings. The number of benzene rings is 2. The van der Waals surface area contributed by atoms with Gasteiger partial charge in [-0.3, -0.25) is 4.79 Å². The smallest absolute Gasteiger partial charge is 0.286 e. The van der Waals surface area contributed by atoms with Gasteiger partial charge < -0.3 is 14.2 Å². The van der Waals surface area contributed by atoms with Crippen LogP contribution in [0.15, 0.2) is 75.0 Å². The van der Waals surface area contributed by atoms with Crippen molar-refractivity contribution in [1.29, 1.82) is 0 Å². The van der Waals surface area contributed by atoms with Crippen LogP contribution >= 0.6 is 35.0 Å². The van der Waals surface area contributed by atoms with Crippen molar-refractivity contribution in [2.24, 2.45) is 4.99 Å². The highest BCUT2D eigenvalue weighted by molar-refractivity contribution is 8.18. The minimum Gasteiger partial charge on any atom is -0.457 e. The molecule has 1 saturated heterocycles. The van der Waals surface area contributed by atoms with Gasteiger partial charge >= 0.3 is 0 Å². The number of amides is 1. The molecule has 5 nitrogen and oxygen atoms in total. The van der Waals surface area contributed by atoms with Crippen LogP contribution in [0, 0.1) is 0 Å². The zero-order valence-corrected chi connectivity index (χ0v) is 19.3. The lowest BCUT2D eigenvalue weighted by Gasteiger charge is -2.36. The number of piperazine rings is 1. The molecule has 0 N–H and O–H groups in total. The summed E-state index contributed by atoms with van der Waals surface area (Å²) in [6.07, 6.45) is 1.74. The van der Waals surface area contributed by atoms with Gasteiger partial charge in [0.2, 0.25) is 0 Å².